The molecule has 0 bridgehead atoms. The van der Waals surface area contributed by atoms with Crippen LogP contribution in [-0.2, 0) is 5.41 Å². The monoisotopic (exact) mass is 238 g/mol. The molecule has 0 aliphatic heterocycles. The van der Waals surface area contributed by atoms with Crippen molar-refractivity contribution in [3.63, 3.8) is 0 Å². The molecule has 1 N–H and O–H groups in total. The summed E-state index contributed by atoms with van der Waals surface area (Å²) in [6.45, 7) is 4.62. The van der Waals surface area contributed by atoms with Gasteiger partial charge in [-0.1, -0.05) is 37.1 Å². The summed E-state index contributed by atoms with van der Waals surface area (Å²) in [5, 5.41) is 0. The minimum absolute atomic E-state index is 0.269. The first-order chi connectivity index (χ1) is 8.72. The molecule has 2 atom stereocenters. The Hall–Kier alpha value is -1.57. The smallest absolute Gasteiger partial charge is 0.113 e. The highest BCUT2D eigenvalue weighted by Gasteiger charge is 2.57. The molecule has 1 aromatic heterocycles. The summed E-state index contributed by atoms with van der Waals surface area (Å²) in [5.74, 6) is 1.94. The number of nitrogens with one attached hydrogen (secondary N) is 1. The molecule has 0 unspecified atom stereocenters. The second-order valence-electron chi connectivity index (χ2n) is 5.94. The summed E-state index contributed by atoms with van der Waals surface area (Å²) in [7, 11) is 0. The van der Waals surface area contributed by atoms with E-state index in [-0.39, 0.29) is 5.41 Å². The second kappa shape index (κ2) is 3.25. The van der Waals surface area contributed by atoms with E-state index in [1.807, 2.05) is 0 Å². The lowest BCUT2D eigenvalue weighted by molar-refractivity contribution is 0.677. The molecule has 2 aliphatic rings. The van der Waals surface area contributed by atoms with Gasteiger partial charge in [0.2, 0.25) is 0 Å². The third kappa shape index (κ3) is 1.32. The Morgan fingerprint density at radius 2 is 2.22 bits per heavy atom. The van der Waals surface area contributed by atoms with E-state index in [0.717, 1.165) is 11.4 Å². The van der Waals surface area contributed by atoms with Crippen LogP contribution in [0.15, 0.2) is 35.4 Å². The maximum Gasteiger partial charge on any atom is 0.113 e. The van der Waals surface area contributed by atoms with Gasteiger partial charge < -0.3 is 4.98 Å². The second-order valence-corrected chi connectivity index (χ2v) is 5.94. The van der Waals surface area contributed by atoms with E-state index >= 15 is 0 Å². The summed E-state index contributed by atoms with van der Waals surface area (Å²) in [6, 6.07) is 8.32. The van der Waals surface area contributed by atoms with Crippen LogP contribution in [0.1, 0.15) is 38.9 Å². The Bertz CT molecular complexity index is 632. The van der Waals surface area contributed by atoms with Gasteiger partial charge in [0.05, 0.1) is 11.0 Å². The van der Waals surface area contributed by atoms with Crippen LogP contribution in [0.2, 0.25) is 0 Å². The number of hydrogen-bond donors (Lipinski definition) is 1. The quantitative estimate of drug-likeness (QED) is 0.806. The van der Waals surface area contributed by atoms with Crippen molar-refractivity contribution >= 4 is 11.0 Å². The molecule has 0 spiro atoms. The third-order valence-corrected chi connectivity index (χ3v) is 4.75. The molecule has 1 saturated carbocycles. The van der Waals surface area contributed by atoms with Gasteiger partial charge in [-0.25, -0.2) is 4.98 Å². The lowest BCUT2D eigenvalue weighted by atomic mass is 10.0. The van der Waals surface area contributed by atoms with E-state index in [1.54, 1.807) is 11.1 Å². The van der Waals surface area contributed by atoms with Crippen molar-refractivity contribution in [3.05, 3.63) is 41.2 Å². The van der Waals surface area contributed by atoms with Crippen LogP contribution in [0, 0.1) is 5.92 Å². The summed E-state index contributed by atoms with van der Waals surface area (Å²) >= 11 is 0. The van der Waals surface area contributed by atoms with Gasteiger partial charge in [-0.3, -0.25) is 0 Å². The first-order valence-corrected chi connectivity index (χ1v) is 6.88. The molecule has 0 radical (unpaired) electrons. The third-order valence-electron chi connectivity index (χ3n) is 4.75. The standard InChI is InChI=1S/C16H18N2/c1-3-10-8-11(10)12-9-16(12,2)15-17-13-6-4-5-7-14(13)18-15/h4-7,12H,3,8-9H2,1-2H3,(H,17,18)/t12-,16-/m1/s1. The molecule has 18 heavy (non-hydrogen) atoms. The van der Waals surface area contributed by atoms with E-state index in [9.17, 15) is 0 Å². The highest BCUT2D eigenvalue weighted by Crippen LogP contribution is 2.62. The van der Waals surface area contributed by atoms with Gasteiger partial charge in [0.25, 0.3) is 0 Å². The van der Waals surface area contributed by atoms with Crippen molar-refractivity contribution in [1.82, 2.24) is 9.97 Å². The van der Waals surface area contributed by atoms with Crippen molar-refractivity contribution in [1.29, 1.82) is 0 Å². The Morgan fingerprint density at radius 3 is 2.94 bits per heavy atom. The van der Waals surface area contributed by atoms with Crippen LogP contribution in [0.5, 0.6) is 0 Å². The summed E-state index contributed by atoms with van der Waals surface area (Å²) in [4.78, 5) is 8.29. The zero-order chi connectivity index (χ0) is 12.3. The summed E-state index contributed by atoms with van der Waals surface area (Å²) in [5.41, 5.74) is 5.95. The molecular weight excluding hydrogens is 220 g/mol. The van der Waals surface area contributed by atoms with Gasteiger partial charge in [-0.15, -0.1) is 0 Å². The number of aromatic amines is 1. The minimum Gasteiger partial charge on any atom is -0.341 e. The predicted molar refractivity (Wildman–Crippen MR) is 73.5 cm³/mol. The van der Waals surface area contributed by atoms with Crippen molar-refractivity contribution in [3.8, 4) is 0 Å². The normalized spacial score (nSPS) is 30.0. The zero-order valence-electron chi connectivity index (χ0n) is 11.0. The van der Waals surface area contributed by atoms with Crippen molar-refractivity contribution in [2.75, 3.05) is 0 Å². The van der Waals surface area contributed by atoms with E-state index in [0.29, 0.717) is 0 Å². The average molecular weight is 238 g/mol. The molecule has 2 aliphatic carbocycles. The molecule has 4 rings (SSSR count). The lowest BCUT2D eigenvalue weighted by Gasteiger charge is -2.05. The van der Waals surface area contributed by atoms with E-state index in [1.165, 1.54) is 30.6 Å². The number of nitrogens with zero attached hydrogens (tertiary/aromatic N) is 1. The van der Waals surface area contributed by atoms with Gasteiger partial charge in [0.15, 0.2) is 0 Å². The van der Waals surface area contributed by atoms with Crippen molar-refractivity contribution in [2.45, 2.75) is 38.5 Å². The molecule has 2 aromatic rings. The van der Waals surface area contributed by atoms with Gasteiger partial charge >= 0.3 is 0 Å². The topological polar surface area (TPSA) is 28.7 Å². The Kier molecular flexibility index (Phi) is 1.87. The van der Waals surface area contributed by atoms with Crippen molar-refractivity contribution < 1.29 is 0 Å². The number of fused-ring (bicyclic) bond motifs is 1. The van der Waals surface area contributed by atoms with Crippen LogP contribution in [0.3, 0.4) is 0 Å². The Morgan fingerprint density at radius 1 is 1.39 bits per heavy atom. The molecule has 0 amide bonds. The van der Waals surface area contributed by atoms with Crippen LogP contribution >= 0.6 is 0 Å². The van der Waals surface area contributed by atoms with Crippen LogP contribution < -0.4 is 0 Å². The van der Waals surface area contributed by atoms with Crippen molar-refractivity contribution in [2.24, 2.45) is 5.92 Å². The lowest BCUT2D eigenvalue weighted by Crippen LogP contribution is -2.06. The number of aromatic nitrogens is 2. The summed E-state index contributed by atoms with van der Waals surface area (Å²) in [6.07, 6.45) is 3.80. The molecule has 0 saturated heterocycles. The highest BCUT2D eigenvalue weighted by molar-refractivity contribution is 5.75. The maximum absolute atomic E-state index is 4.78. The zero-order valence-corrected chi connectivity index (χ0v) is 11.0. The fourth-order valence-corrected chi connectivity index (χ4v) is 3.27. The van der Waals surface area contributed by atoms with Crippen LogP contribution in [-0.4, -0.2) is 9.97 Å². The minimum atomic E-state index is 0.269. The molecule has 92 valence electrons. The summed E-state index contributed by atoms with van der Waals surface area (Å²) < 4.78 is 0. The van der Waals surface area contributed by atoms with E-state index < -0.39 is 0 Å². The molecule has 1 heterocycles. The highest BCUT2D eigenvalue weighted by atomic mass is 15.0. The molecule has 1 fully saturated rings. The molecular formula is C16H18N2. The van der Waals surface area contributed by atoms with Crippen LogP contribution in [0.25, 0.3) is 11.0 Å². The number of imidazole rings is 1. The van der Waals surface area contributed by atoms with E-state index in [4.69, 9.17) is 4.98 Å². The first kappa shape index (κ1) is 10.4. The molecule has 2 nitrogen and oxygen atoms in total. The number of H-pyrrole nitrogens is 1. The number of para-hydroxylation sites is 2. The van der Waals surface area contributed by atoms with Gasteiger partial charge in [-0.2, -0.15) is 0 Å². The van der Waals surface area contributed by atoms with Crippen LogP contribution in [0.4, 0.5) is 0 Å². The van der Waals surface area contributed by atoms with Gasteiger partial charge in [0, 0.05) is 5.41 Å². The number of allylic oxidation sites excluding steroid dienone is 2. The average Bonchev–Trinajstić information content (AvgIpc) is 3.24. The number of benzene rings is 1. The maximum atomic E-state index is 4.78. The largest absolute Gasteiger partial charge is 0.341 e. The Labute approximate surface area is 107 Å². The van der Waals surface area contributed by atoms with E-state index in [2.05, 4.69) is 43.1 Å². The predicted octanol–water partition coefficient (Wildman–Crippen LogP) is 3.95. The van der Waals surface area contributed by atoms with Gasteiger partial charge in [0.1, 0.15) is 5.82 Å². The van der Waals surface area contributed by atoms with Gasteiger partial charge in [-0.05, 0) is 37.3 Å². The Balaban J connectivity index is 1.70. The molecule has 2 heteroatoms. The SMILES string of the molecule is CCC1=C([C@H]2C[C@@]2(C)c2nc3ccccc3[nH]2)C1. The number of rotatable bonds is 3. The fourth-order valence-electron chi connectivity index (χ4n) is 3.27. The number of hydrogen-bond acceptors (Lipinski definition) is 1. The first-order valence-electron chi connectivity index (χ1n) is 6.88. The fraction of sp³-hybridized carbons (Fsp3) is 0.438. The molecule has 1 aromatic carbocycles.